The molecule has 1 aliphatic heterocycles. The molecule has 0 aromatic carbocycles. The first kappa shape index (κ1) is 14.6. The van der Waals surface area contributed by atoms with Crippen LogP contribution in [0.5, 0.6) is 0 Å². The van der Waals surface area contributed by atoms with Crippen LogP contribution in [0.3, 0.4) is 0 Å². The number of halogens is 1. The Morgan fingerprint density at radius 3 is 2.63 bits per heavy atom. The molecule has 1 aromatic rings. The van der Waals surface area contributed by atoms with Gasteiger partial charge in [-0.3, -0.25) is 4.79 Å². The second kappa shape index (κ2) is 6.54. The van der Waals surface area contributed by atoms with Crippen LogP contribution in [-0.4, -0.2) is 64.7 Å². The summed E-state index contributed by atoms with van der Waals surface area (Å²) in [6.07, 6.45) is 3.40. The van der Waals surface area contributed by atoms with Crippen molar-refractivity contribution >= 4 is 29.3 Å². The summed E-state index contributed by atoms with van der Waals surface area (Å²) in [7, 11) is 0. The zero-order valence-corrected chi connectivity index (χ0v) is 12.7. The van der Waals surface area contributed by atoms with E-state index in [1.165, 1.54) is 18.0 Å². The second-order valence-corrected chi connectivity index (χ2v) is 5.42. The van der Waals surface area contributed by atoms with Crippen molar-refractivity contribution < 1.29 is 4.79 Å². The fourth-order valence-electron chi connectivity index (χ4n) is 2.03. The van der Waals surface area contributed by atoms with Crippen LogP contribution in [0, 0.1) is 0 Å². The van der Waals surface area contributed by atoms with E-state index in [-0.39, 0.29) is 11.1 Å². The van der Waals surface area contributed by atoms with Crippen LogP contribution in [0.2, 0.25) is 5.15 Å². The number of hydrogen-bond donors (Lipinski definition) is 0. The molecule has 1 aromatic heterocycles. The highest BCUT2D eigenvalue weighted by Crippen LogP contribution is 2.18. The highest BCUT2D eigenvalue weighted by Gasteiger charge is 2.23. The van der Waals surface area contributed by atoms with Crippen LogP contribution in [0.15, 0.2) is 11.4 Å². The number of hydrogen-bond acceptors (Lipinski definition) is 5. The summed E-state index contributed by atoms with van der Waals surface area (Å²) >= 11 is 7.46. The minimum Gasteiger partial charge on any atom is -0.336 e. The Bertz CT molecular complexity index is 463. The molecule has 0 unspecified atom stereocenters. The molecule has 0 bridgehead atoms. The van der Waals surface area contributed by atoms with E-state index in [2.05, 4.69) is 21.8 Å². The summed E-state index contributed by atoms with van der Waals surface area (Å²) in [4.78, 5) is 24.7. The molecule has 0 atom stereocenters. The van der Waals surface area contributed by atoms with E-state index < -0.39 is 0 Å². The Balaban J connectivity index is 2.08. The molecule has 1 saturated heterocycles. The van der Waals surface area contributed by atoms with Gasteiger partial charge in [0.15, 0.2) is 5.16 Å². The highest BCUT2D eigenvalue weighted by atomic mass is 35.5. The van der Waals surface area contributed by atoms with Gasteiger partial charge < -0.3 is 9.80 Å². The molecule has 0 radical (unpaired) electrons. The van der Waals surface area contributed by atoms with E-state index in [0.29, 0.717) is 10.7 Å². The number of carbonyl (C=O) groups is 1. The van der Waals surface area contributed by atoms with Crippen molar-refractivity contribution in [3.8, 4) is 0 Å². The lowest BCUT2D eigenvalue weighted by Gasteiger charge is -2.34. The van der Waals surface area contributed by atoms with Crippen LogP contribution in [0.25, 0.3) is 0 Å². The van der Waals surface area contributed by atoms with E-state index in [4.69, 9.17) is 11.6 Å². The number of rotatable bonds is 3. The Hall–Kier alpha value is -0.850. The number of thioether (sulfide) groups is 1. The van der Waals surface area contributed by atoms with Gasteiger partial charge in [-0.2, -0.15) is 0 Å². The molecule has 0 aliphatic carbocycles. The molecule has 0 saturated carbocycles. The van der Waals surface area contributed by atoms with E-state index in [9.17, 15) is 4.79 Å². The highest BCUT2D eigenvalue weighted by molar-refractivity contribution is 7.98. The van der Waals surface area contributed by atoms with Crippen LogP contribution in [0.4, 0.5) is 0 Å². The van der Waals surface area contributed by atoms with Gasteiger partial charge in [-0.1, -0.05) is 30.3 Å². The first-order valence-electron chi connectivity index (χ1n) is 6.24. The van der Waals surface area contributed by atoms with Gasteiger partial charge in [-0.25, -0.2) is 9.97 Å². The summed E-state index contributed by atoms with van der Waals surface area (Å²) < 4.78 is 0. The molecule has 0 N–H and O–H groups in total. The molecule has 0 spiro atoms. The lowest BCUT2D eigenvalue weighted by molar-refractivity contribution is 0.0642. The molecular weight excluding hydrogens is 284 g/mol. The Morgan fingerprint density at radius 2 is 2.11 bits per heavy atom. The molecule has 1 aliphatic rings. The zero-order chi connectivity index (χ0) is 13.8. The van der Waals surface area contributed by atoms with E-state index in [1.54, 1.807) is 0 Å². The van der Waals surface area contributed by atoms with Crippen molar-refractivity contribution in [1.82, 2.24) is 19.8 Å². The maximum absolute atomic E-state index is 12.4. The van der Waals surface area contributed by atoms with Crippen molar-refractivity contribution in [2.24, 2.45) is 0 Å². The Labute approximate surface area is 122 Å². The molecule has 7 heteroatoms. The topological polar surface area (TPSA) is 49.3 Å². The SMILES string of the molecule is CCN1CCN(C(=O)c2cnc(SC)nc2Cl)CC1. The normalized spacial score (nSPS) is 16.7. The maximum atomic E-state index is 12.4. The molecule has 5 nitrogen and oxygen atoms in total. The van der Waals surface area contributed by atoms with Crippen LogP contribution in [-0.2, 0) is 0 Å². The minimum absolute atomic E-state index is 0.0755. The second-order valence-electron chi connectivity index (χ2n) is 4.29. The Morgan fingerprint density at radius 1 is 1.42 bits per heavy atom. The maximum Gasteiger partial charge on any atom is 0.258 e. The number of nitrogens with zero attached hydrogens (tertiary/aromatic N) is 4. The molecule has 2 rings (SSSR count). The fraction of sp³-hybridized carbons (Fsp3) is 0.583. The predicted octanol–water partition coefficient (Wildman–Crippen LogP) is 1.63. The lowest BCUT2D eigenvalue weighted by Crippen LogP contribution is -2.48. The van der Waals surface area contributed by atoms with Crippen molar-refractivity contribution in [2.75, 3.05) is 39.0 Å². The summed E-state index contributed by atoms with van der Waals surface area (Å²) in [6.45, 7) is 6.42. The van der Waals surface area contributed by atoms with E-state index in [0.717, 1.165) is 32.7 Å². The third-order valence-electron chi connectivity index (χ3n) is 3.24. The van der Waals surface area contributed by atoms with Crippen molar-refractivity contribution in [2.45, 2.75) is 12.1 Å². The monoisotopic (exact) mass is 300 g/mol. The molecular formula is C12H17ClN4OS. The first-order valence-corrected chi connectivity index (χ1v) is 7.84. The number of aromatic nitrogens is 2. The lowest BCUT2D eigenvalue weighted by atomic mass is 10.2. The van der Waals surface area contributed by atoms with E-state index >= 15 is 0 Å². The zero-order valence-electron chi connectivity index (χ0n) is 11.1. The standard InChI is InChI=1S/C12H17ClN4OS/c1-3-16-4-6-17(7-5-16)11(18)9-8-14-12(19-2)15-10(9)13/h8H,3-7H2,1-2H3. The van der Waals surface area contributed by atoms with Crippen LogP contribution < -0.4 is 0 Å². The van der Waals surface area contributed by atoms with Gasteiger partial charge in [0.25, 0.3) is 5.91 Å². The van der Waals surface area contributed by atoms with Crippen LogP contribution in [0.1, 0.15) is 17.3 Å². The van der Waals surface area contributed by atoms with Crippen molar-refractivity contribution in [1.29, 1.82) is 0 Å². The van der Waals surface area contributed by atoms with Gasteiger partial charge in [0.2, 0.25) is 0 Å². The summed E-state index contributed by atoms with van der Waals surface area (Å²) in [5.41, 5.74) is 0.393. The summed E-state index contributed by atoms with van der Waals surface area (Å²) in [5, 5.41) is 0.819. The van der Waals surface area contributed by atoms with Gasteiger partial charge in [0, 0.05) is 32.4 Å². The average Bonchev–Trinajstić information content (AvgIpc) is 2.46. The Kier molecular flexibility index (Phi) is 5.01. The van der Waals surface area contributed by atoms with Gasteiger partial charge in [0.05, 0.1) is 5.56 Å². The molecule has 104 valence electrons. The first-order chi connectivity index (χ1) is 9.15. The average molecular weight is 301 g/mol. The van der Waals surface area contributed by atoms with Crippen molar-refractivity contribution in [3.63, 3.8) is 0 Å². The van der Waals surface area contributed by atoms with Gasteiger partial charge in [0.1, 0.15) is 5.15 Å². The third-order valence-corrected chi connectivity index (χ3v) is 4.09. The van der Waals surface area contributed by atoms with Crippen molar-refractivity contribution in [3.05, 3.63) is 16.9 Å². The van der Waals surface area contributed by atoms with Crippen LogP contribution >= 0.6 is 23.4 Å². The molecule has 1 fully saturated rings. The number of likely N-dealkylation sites (N-methyl/N-ethyl adjacent to an activating group) is 1. The third kappa shape index (κ3) is 3.38. The smallest absolute Gasteiger partial charge is 0.258 e. The minimum atomic E-state index is -0.0755. The summed E-state index contributed by atoms with van der Waals surface area (Å²) in [6, 6.07) is 0. The quantitative estimate of drug-likeness (QED) is 0.482. The fourth-order valence-corrected chi connectivity index (χ4v) is 2.63. The van der Waals surface area contributed by atoms with Gasteiger partial charge >= 0.3 is 0 Å². The molecule has 19 heavy (non-hydrogen) atoms. The predicted molar refractivity (Wildman–Crippen MR) is 76.8 cm³/mol. The van der Waals surface area contributed by atoms with E-state index in [1.807, 2.05) is 11.2 Å². The number of piperazine rings is 1. The number of amides is 1. The molecule has 2 heterocycles. The van der Waals surface area contributed by atoms with Gasteiger partial charge in [-0.05, 0) is 12.8 Å². The largest absolute Gasteiger partial charge is 0.336 e. The molecule has 1 amide bonds. The number of carbonyl (C=O) groups excluding carboxylic acids is 1. The summed E-state index contributed by atoms with van der Waals surface area (Å²) in [5.74, 6) is -0.0755. The van der Waals surface area contributed by atoms with Gasteiger partial charge in [-0.15, -0.1) is 0 Å².